The molecule has 316 valence electrons. The number of benzene rings is 6. The van der Waals surface area contributed by atoms with E-state index in [4.69, 9.17) is 9.97 Å². The Balaban J connectivity index is 0.962. The first-order valence-electron chi connectivity index (χ1n) is 22.2. The lowest BCUT2D eigenvalue weighted by Gasteiger charge is -2.36. The molecule has 0 spiro atoms. The molecule has 0 fully saturated rings. The maximum Gasteiger partial charge on any atom is 0.423 e. The molecule has 0 bridgehead atoms. The standard InChI is InChI=1S/C54H39B2N11/c1-54(2)46-16-6-4-14-44(46)50-52(54)67(49-35-60-27-29-62-49)56(66(50)48-34-59-26-28-61-48)41-24-20-39(21-25-41)38-18-22-40(23-19-38)55-64(42-12-8-10-36(30-42)32-57)51-45-15-5-7-17-47(45)63(3)53(51)65(55)43-13-9-11-37(31-43)33-58/h4-31,34-35H,1-3H3. The summed E-state index contributed by atoms with van der Waals surface area (Å²) in [4.78, 5) is 28.1. The highest BCUT2D eigenvalue weighted by atomic mass is 15.4. The van der Waals surface area contributed by atoms with Gasteiger partial charge in [0, 0.05) is 65.3 Å². The maximum absolute atomic E-state index is 10.1. The van der Waals surface area contributed by atoms with Crippen molar-refractivity contribution in [1.82, 2.24) is 24.5 Å². The lowest BCUT2D eigenvalue weighted by molar-refractivity contribution is 0.630. The van der Waals surface area contributed by atoms with Crippen LogP contribution >= 0.6 is 0 Å². The second kappa shape index (κ2) is 15.4. The molecule has 9 aromatic rings. The van der Waals surface area contributed by atoms with Crippen LogP contribution in [-0.4, -0.2) is 38.5 Å². The fourth-order valence-electron chi connectivity index (χ4n) is 10.6. The third-order valence-corrected chi connectivity index (χ3v) is 13.5. The van der Waals surface area contributed by atoms with Gasteiger partial charge in [-0.15, -0.1) is 0 Å². The van der Waals surface area contributed by atoms with Gasteiger partial charge in [-0.1, -0.05) is 117 Å². The Bertz CT molecular complexity index is 3520. The number of aromatic nitrogens is 5. The molecule has 11 nitrogen and oxygen atoms in total. The van der Waals surface area contributed by atoms with E-state index in [0.29, 0.717) is 11.1 Å². The van der Waals surface area contributed by atoms with Gasteiger partial charge in [-0.05, 0) is 70.1 Å². The molecule has 2 aliphatic heterocycles. The minimum atomic E-state index is -0.356. The number of hydrogen-bond donors (Lipinski definition) is 0. The topological polar surface area (TPSA) is 117 Å². The minimum Gasteiger partial charge on any atom is -0.358 e. The molecule has 0 atom stereocenters. The summed E-state index contributed by atoms with van der Waals surface area (Å²) in [7, 11) is 2.09. The van der Waals surface area contributed by atoms with Gasteiger partial charge < -0.3 is 23.8 Å². The van der Waals surface area contributed by atoms with Gasteiger partial charge in [0.05, 0.1) is 52.6 Å². The molecular formula is C54H39B2N11. The smallest absolute Gasteiger partial charge is 0.358 e. The predicted octanol–water partition coefficient (Wildman–Crippen LogP) is 9.24. The van der Waals surface area contributed by atoms with Crippen LogP contribution in [0.4, 0.5) is 34.5 Å². The third-order valence-electron chi connectivity index (χ3n) is 13.5. The lowest BCUT2D eigenvalue weighted by atomic mass is 9.63. The van der Waals surface area contributed by atoms with Crippen molar-refractivity contribution in [2.24, 2.45) is 7.05 Å². The van der Waals surface area contributed by atoms with Gasteiger partial charge in [0.2, 0.25) is 0 Å². The molecule has 6 aromatic carbocycles. The molecule has 5 heterocycles. The zero-order valence-electron chi connectivity index (χ0n) is 36.9. The maximum atomic E-state index is 10.1. The summed E-state index contributed by atoms with van der Waals surface area (Å²) in [5.74, 6) is 2.48. The Morgan fingerprint density at radius 2 is 1.10 bits per heavy atom. The van der Waals surface area contributed by atoms with Crippen LogP contribution in [0.2, 0.25) is 0 Å². The molecule has 3 aliphatic rings. The molecular weight excluding hydrogens is 824 g/mol. The zero-order chi connectivity index (χ0) is 45.4. The van der Waals surface area contributed by atoms with Crippen molar-refractivity contribution in [3.8, 4) is 23.3 Å². The molecule has 0 saturated carbocycles. The number of para-hydroxylation sites is 1. The van der Waals surface area contributed by atoms with Crippen molar-refractivity contribution >= 4 is 76.0 Å². The van der Waals surface area contributed by atoms with Gasteiger partial charge in [0.25, 0.3) is 0 Å². The van der Waals surface area contributed by atoms with Crippen molar-refractivity contribution in [2.45, 2.75) is 19.3 Å². The van der Waals surface area contributed by atoms with Crippen LogP contribution in [0.3, 0.4) is 0 Å². The monoisotopic (exact) mass is 863 g/mol. The summed E-state index contributed by atoms with van der Waals surface area (Å²) in [6, 6.07) is 54.9. The highest BCUT2D eigenvalue weighted by Gasteiger charge is 2.55. The number of anilines is 6. The summed E-state index contributed by atoms with van der Waals surface area (Å²) in [6.07, 6.45) is 10.6. The SMILES string of the molecule is Cn1c2c(c3ccccc31)N(c1cccc(C#N)c1)B(c1ccc(-c3ccc(B4N(c5cnccn5)C5=C(N4c4cnccn4)C(C)(C)c4ccccc45)cc3)cc1)N2c1cccc(C#N)c1. The Kier molecular flexibility index (Phi) is 9.09. The van der Waals surface area contributed by atoms with E-state index in [0.717, 1.165) is 84.4 Å². The van der Waals surface area contributed by atoms with E-state index in [9.17, 15) is 10.5 Å². The first-order valence-corrected chi connectivity index (χ1v) is 22.2. The van der Waals surface area contributed by atoms with Crippen molar-refractivity contribution in [1.29, 1.82) is 10.5 Å². The summed E-state index contributed by atoms with van der Waals surface area (Å²) < 4.78 is 2.23. The van der Waals surface area contributed by atoms with Crippen LogP contribution in [-0.2, 0) is 12.5 Å². The van der Waals surface area contributed by atoms with Gasteiger partial charge in [-0.25, -0.2) is 9.97 Å². The van der Waals surface area contributed by atoms with Crippen LogP contribution in [0.5, 0.6) is 0 Å². The Labute approximate surface area is 389 Å². The number of rotatable bonds is 7. The van der Waals surface area contributed by atoms with Gasteiger partial charge in [-0.3, -0.25) is 9.97 Å². The van der Waals surface area contributed by atoms with Crippen molar-refractivity contribution in [3.63, 3.8) is 0 Å². The Hall–Kier alpha value is -8.93. The van der Waals surface area contributed by atoms with Crippen LogP contribution in [0.25, 0.3) is 27.7 Å². The normalized spacial score (nSPS) is 14.6. The zero-order valence-corrected chi connectivity index (χ0v) is 36.9. The van der Waals surface area contributed by atoms with Crippen LogP contribution in [0, 0.1) is 22.7 Å². The lowest BCUT2D eigenvalue weighted by Crippen LogP contribution is -2.56. The molecule has 1 aliphatic carbocycles. The van der Waals surface area contributed by atoms with Gasteiger partial charge in [0.15, 0.2) is 0 Å². The number of fused-ring (bicyclic) bond motifs is 5. The molecule has 0 radical (unpaired) electrons. The summed E-state index contributed by atoms with van der Waals surface area (Å²) in [6.45, 7) is 3.86. The molecule has 0 amide bonds. The third kappa shape index (κ3) is 6.05. The van der Waals surface area contributed by atoms with E-state index in [1.165, 1.54) is 5.56 Å². The van der Waals surface area contributed by atoms with Gasteiger partial charge in [0.1, 0.15) is 17.5 Å². The molecule has 0 saturated heterocycles. The number of nitriles is 2. The average Bonchev–Trinajstić information content (AvgIpc) is 4.09. The number of hydrogen-bond acceptors (Lipinski definition) is 10. The number of aryl methyl sites for hydroxylation is 1. The largest absolute Gasteiger partial charge is 0.423 e. The summed E-state index contributed by atoms with van der Waals surface area (Å²) in [5.41, 5.74) is 13.5. The number of allylic oxidation sites excluding steroid dienone is 1. The Morgan fingerprint density at radius 3 is 1.70 bits per heavy atom. The molecule has 12 rings (SSSR count). The molecule has 0 unspecified atom stereocenters. The summed E-state index contributed by atoms with van der Waals surface area (Å²) >= 11 is 0. The average molecular weight is 864 g/mol. The van der Waals surface area contributed by atoms with E-state index < -0.39 is 0 Å². The molecule has 67 heavy (non-hydrogen) atoms. The van der Waals surface area contributed by atoms with E-state index in [1.54, 1.807) is 24.8 Å². The van der Waals surface area contributed by atoms with E-state index >= 15 is 0 Å². The first-order chi connectivity index (χ1) is 32.9. The fourth-order valence-corrected chi connectivity index (χ4v) is 10.6. The highest BCUT2D eigenvalue weighted by Crippen LogP contribution is 2.55. The fraction of sp³-hybridized carbons (Fsp3) is 0.0741. The highest BCUT2D eigenvalue weighted by molar-refractivity contribution is 6.85. The second-order valence-electron chi connectivity index (χ2n) is 17.5. The van der Waals surface area contributed by atoms with Crippen molar-refractivity contribution in [3.05, 3.63) is 211 Å². The second-order valence-corrected chi connectivity index (χ2v) is 17.5. The Morgan fingerprint density at radius 1 is 0.552 bits per heavy atom. The summed E-state index contributed by atoms with van der Waals surface area (Å²) in [5, 5.41) is 21.2. The van der Waals surface area contributed by atoms with Crippen LogP contribution < -0.4 is 30.2 Å². The molecule has 0 N–H and O–H groups in total. The van der Waals surface area contributed by atoms with E-state index in [2.05, 4.69) is 176 Å². The van der Waals surface area contributed by atoms with Gasteiger partial charge >= 0.3 is 14.0 Å². The minimum absolute atomic E-state index is 0.335. The predicted molar refractivity (Wildman–Crippen MR) is 268 cm³/mol. The first kappa shape index (κ1) is 39.6. The van der Waals surface area contributed by atoms with Crippen molar-refractivity contribution in [2.75, 3.05) is 19.2 Å². The number of nitrogens with zero attached hydrogens (tertiary/aromatic N) is 11. The quantitative estimate of drug-likeness (QED) is 0.144. The molecule has 3 aromatic heterocycles. The van der Waals surface area contributed by atoms with E-state index in [1.807, 2.05) is 48.8 Å². The molecule has 13 heteroatoms. The van der Waals surface area contributed by atoms with Crippen LogP contribution in [0.1, 0.15) is 36.1 Å². The van der Waals surface area contributed by atoms with Crippen LogP contribution in [0.15, 0.2) is 188 Å². The van der Waals surface area contributed by atoms with Gasteiger partial charge in [-0.2, -0.15) is 10.5 Å². The van der Waals surface area contributed by atoms with E-state index in [-0.39, 0.29) is 19.4 Å². The van der Waals surface area contributed by atoms with Crippen molar-refractivity contribution < 1.29 is 0 Å².